The van der Waals surface area contributed by atoms with Crippen molar-refractivity contribution in [2.24, 2.45) is 0 Å². The van der Waals surface area contributed by atoms with Gasteiger partial charge >= 0.3 is 0 Å². The van der Waals surface area contributed by atoms with Crippen molar-refractivity contribution in [3.05, 3.63) is 120 Å². The van der Waals surface area contributed by atoms with Crippen LogP contribution in [-0.4, -0.2) is 24.8 Å². The number of nitrogens with one attached hydrogen (secondary N) is 3. The number of anilines is 3. The van der Waals surface area contributed by atoms with Crippen LogP contribution in [0.15, 0.2) is 103 Å². The van der Waals surface area contributed by atoms with Gasteiger partial charge in [-0.1, -0.05) is 60.7 Å². The van der Waals surface area contributed by atoms with E-state index < -0.39 is 17.7 Å². The van der Waals surface area contributed by atoms with Crippen LogP contribution < -0.4 is 26.4 Å². The Labute approximate surface area is 220 Å². The van der Waals surface area contributed by atoms with Crippen LogP contribution in [-0.2, 0) is 16.1 Å². The summed E-state index contributed by atoms with van der Waals surface area (Å²) >= 11 is 0. The lowest BCUT2D eigenvalue weighted by atomic mass is 9.95. The Balaban J connectivity index is 1.55. The third kappa shape index (κ3) is 6.55. The van der Waals surface area contributed by atoms with E-state index in [1.165, 1.54) is 7.11 Å². The van der Waals surface area contributed by atoms with Crippen LogP contribution in [0.1, 0.15) is 27.4 Å². The molecule has 8 nitrogen and oxygen atoms in total. The summed E-state index contributed by atoms with van der Waals surface area (Å²) in [6.45, 7) is 0.265. The summed E-state index contributed by atoms with van der Waals surface area (Å²) in [7, 11) is 1.53. The van der Waals surface area contributed by atoms with Gasteiger partial charge in [-0.3, -0.25) is 14.4 Å². The van der Waals surface area contributed by atoms with Gasteiger partial charge in [0.25, 0.3) is 5.91 Å². The van der Waals surface area contributed by atoms with Crippen LogP contribution in [0, 0.1) is 0 Å². The van der Waals surface area contributed by atoms with Gasteiger partial charge in [-0.15, -0.1) is 0 Å². The second kappa shape index (κ2) is 12.2. The molecule has 0 bridgehead atoms. The third-order valence-corrected chi connectivity index (χ3v) is 5.89. The minimum atomic E-state index is -1.16. The molecule has 5 N–H and O–H groups in total. The van der Waals surface area contributed by atoms with Crippen molar-refractivity contribution in [2.75, 3.05) is 23.5 Å². The Hall–Kier alpha value is -5.11. The fourth-order valence-corrected chi connectivity index (χ4v) is 3.86. The first kappa shape index (κ1) is 26.0. The number of amides is 3. The summed E-state index contributed by atoms with van der Waals surface area (Å²) in [5.41, 5.74) is 9.05. The second-order valence-electron chi connectivity index (χ2n) is 8.52. The van der Waals surface area contributed by atoms with E-state index in [0.717, 1.165) is 5.56 Å². The van der Waals surface area contributed by atoms with Crippen molar-refractivity contribution in [1.82, 2.24) is 5.32 Å². The molecule has 1 atom stereocenters. The Morgan fingerprint density at radius 3 is 2.21 bits per heavy atom. The smallest absolute Gasteiger partial charge is 0.255 e. The quantitative estimate of drug-likeness (QED) is 0.195. The number of nitrogen functional groups attached to an aromatic ring is 1. The Kier molecular flexibility index (Phi) is 8.35. The predicted octanol–water partition coefficient (Wildman–Crippen LogP) is 4.57. The number of hydrogen-bond donors (Lipinski definition) is 4. The number of carbonyl (C=O) groups excluding carboxylic acids is 3. The third-order valence-electron chi connectivity index (χ3n) is 5.89. The number of methoxy groups -OCH3 is 1. The van der Waals surface area contributed by atoms with Crippen molar-refractivity contribution in [2.45, 2.75) is 12.5 Å². The molecule has 0 heterocycles. The lowest BCUT2D eigenvalue weighted by Crippen LogP contribution is -2.36. The fourth-order valence-electron chi connectivity index (χ4n) is 3.86. The maximum absolute atomic E-state index is 13.4. The van der Waals surface area contributed by atoms with E-state index in [0.29, 0.717) is 33.9 Å². The maximum Gasteiger partial charge on any atom is 0.255 e. The first-order chi connectivity index (χ1) is 18.4. The van der Waals surface area contributed by atoms with Crippen molar-refractivity contribution in [3.63, 3.8) is 0 Å². The van der Waals surface area contributed by atoms with E-state index in [9.17, 15) is 14.4 Å². The van der Waals surface area contributed by atoms with Crippen molar-refractivity contribution >= 4 is 34.8 Å². The van der Waals surface area contributed by atoms with E-state index in [1.54, 1.807) is 72.8 Å². The van der Waals surface area contributed by atoms with Crippen LogP contribution >= 0.6 is 0 Å². The van der Waals surface area contributed by atoms with Crippen LogP contribution in [0.3, 0.4) is 0 Å². The lowest BCUT2D eigenvalue weighted by molar-refractivity contribution is -0.129. The minimum Gasteiger partial charge on any atom is -0.497 e. The monoisotopic (exact) mass is 508 g/mol. The minimum absolute atomic E-state index is 0.265. The van der Waals surface area contributed by atoms with Gasteiger partial charge in [-0.05, 0) is 47.5 Å². The molecule has 0 aromatic heterocycles. The summed E-state index contributed by atoms with van der Waals surface area (Å²) in [5, 5.41) is 8.41. The Bertz CT molecular complexity index is 1420. The molecule has 0 aliphatic carbocycles. The number of hydrogen-bond acceptors (Lipinski definition) is 5. The normalized spacial score (nSPS) is 11.2. The van der Waals surface area contributed by atoms with Gasteiger partial charge in [0.05, 0.1) is 18.5 Å². The number of para-hydroxylation sites is 2. The Morgan fingerprint density at radius 1 is 0.789 bits per heavy atom. The largest absolute Gasteiger partial charge is 0.497 e. The van der Waals surface area contributed by atoms with E-state index >= 15 is 0 Å². The molecule has 0 spiro atoms. The number of nitrogens with two attached hydrogens (primary N) is 1. The van der Waals surface area contributed by atoms with Gasteiger partial charge in [-0.2, -0.15) is 0 Å². The first-order valence-electron chi connectivity index (χ1n) is 12.0. The van der Waals surface area contributed by atoms with Gasteiger partial charge in [0.2, 0.25) is 11.8 Å². The van der Waals surface area contributed by atoms with Crippen molar-refractivity contribution in [1.29, 1.82) is 0 Å². The molecule has 0 aliphatic heterocycles. The Morgan fingerprint density at radius 2 is 1.50 bits per heavy atom. The van der Waals surface area contributed by atoms with E-state index in [1.807, 2.05) is 30.3 Å². The average molecular weight is 509 g/mol. The molecular formula is C30H28N4O4. The average Bonchev–Trinajstić information content (AvgIpc) is 2.94. The van der Waals surface area contributed by atoms with Gasteiger partial charge in [0.1, 0.15) is 11.7 Å². The highest BCUT2D eigenvalue weighted by atomic mass is 16.5. The molecule has 1 unspecified atom stereocenters. The predicted molar refractivity (Wildman–Crippen MR) is 148 cm³/mol. The molecule has 4 rings (SSSR count). The van der Waals surface area contributed by atoms with E-state index in [4.69, 9.17) is 10.5 Å². The summed E-state index contributed by atoms with van der Waals surface area (Å²) in [5.74, 6) is -1.93. The first-order valence-corrected chi connectivity index (χ1v) is 12.0. The molecule has 4 aromatic rings. The highest BCUT2D eigenvalue weighted by Gasteiger charge is 2.29. The van der Waals surface area contributed by atoms with Crippen molar-refractivity contribution in [3.8, 4) is 5.75 Å². The molecule has 0 aliphatic rings. The van der Waals surface area contributed by atoms with Crippen LogP contribution in [0.2, 0.25) is 0 Å². The molecule has 0 saturated carbocycles. The number of ether oxygens (including phenoxy) is 1. The van der Waals surface area contributed by atoms with E-state index in [2.05, 4.69) is 16.0 Å². The van der Waals surface area contributed by atoms with Crippen molar-refractivity contribution < 1.29 is 19.1 Å². The molecule has 192 valence electrons. The van der Waals surface area contributed by atoms with Gasteiger partial charge in [0.15, 0.2) is 0 Å². The summed E-state index contributed by atoms with van der Waals surface area (Å²) in [4.78, 5) is 39.4. The highest BCUT2D eigenvalue weighted by Crippen LogP contribution is 2.23. The van der Waals surface area contributed by atoms with Gasteiger partial charge < -0.3 is 26.4 Å². The molecule has 4 aromatic carbocycles. The summed E-state index contributed by atoms with van der Waals surface area (Å²) in [6.07, 6.45) is 0. The van der Waals surface area contributed by atoms with Crippen LogP contribution in [0.4, 0.5) is 17.1 Å². The zero-order valence-electron chi connectivity index (χ0n) is 20.8. The number of carbonyl (C=O) groups is 3. The van der Waals surface area contributed by atoms with Crippen LogP contribution in [0.5, 0.6) is 5.75 Å². The number of rotatable bonds is 9. The number of benzene rings is 4. The molecular weight excluding hydrogens is 480 g/mol. The molecule has 0 fully saturated rings. The van der Waals surface area contributed by atoms with E-state index in [-0.39, 0.29) is 12.5 Å². The SMILES string of the molecule is COc1cccc(NC(=O)C(C(=O)NCc2ccccc2)c2ccc(C(=O)Nc3ccccc3N)cc2)c1. The topological polar surface area (TPSA) is 123 Å². The maximum atomic E-state index is 13.4. The molecule has 8 heteroatoms. The molecule has 3 amide bonds. The standard InChI is InChI=1S/C30H28N4O4/c1-38-24-11-7-10-23(18-24)33-30(37)27(29(36)32-19-20-8-3-2-4-9-20)21-14-16-22(17-15-21)28(35)34-26-13-6-5-12-25(26)31/h2-18,27H,19,31H2,1H3,(H,32,36)(H,33,37)(H,34,35). The highest BCUT2D eigenvalue weighted by molar-refractivity contribution is 6.11. The lowest BCUT2D eigenvalue weighted by Gasteiger charge is -2.18. The van der Waals surface area contributed by atoms with Crippen LogP contribution in [0.25, 0.3) is 0 Å². The van der Waals surface area contributed by atoms with Gasteiger partial charge in [0, 0.05) is 23.9 Å². The molecule has 38 heavy (non-hydrogen) atoms. The van der Waals surface area contributed by atoms with Gasteiger partial charge in [-0.25, -0.2) is 0 Å². The zero-order valence-corrected chi connectivity index (χ0v) is 20.8. The summed E-state index contributed by atoms with van der Waals surface area (Å²) < 4.78 is 5.23. The molecule has 0 saturated heterocycles. The zero-order chi connectivity index (χ0) is 26.9. The molecule has 0 radical (unpaired) electrons. The second-order valence-corrected chi connectivity index (χ2v) is 8.52. The fraction of sp³-hybridized carbons (Fsp3) is 0.100. The summed E-state index contributed by atoms with van der Waals surface area (Å²) in [6, 6.07) is 29.6.